The maximum Gasteiger partial charge on any atom is 0.0163 e. The van der Waals surface area contributed by atoms with Crippen molar-refractivity contribution < 1.29 is 0 Å². The Hall–Kier alpha value is -1.30. The molecule has 0 fully saturated rings. The molecule has 0 nitrogen and oxygen atoms in total. The maximum absolute atomic E-state index is 2.24. The molecule has 0 saturated carbocycles. The summed E-state index contributed by atoms with van der Waals surface area (Å²) in [7, 11) is 0. The standard InChI is InChI=1S/C14H18.C2H6/c1-4-12(2)10-11-14-9-7-5-6-8-13(14)3;1-2/h4-11,14H,1-3H3;1-2H3/b11-10-,12-4-;. The summed E-state index contributed by atoms with van der Waals surface area (Å²) in [5.41, 5.74) is 2.69. The van der Waals surface area contributed by atoms with E-state index in [-0.39, 0.29) is 0 Å². The third kappa shape index (κ3) is 5.55. The molecule has 88 valence electrons. The van der Waals surface area contributed by atoms with E-state index >= 15 is 0 Å². The lowest BCUT2D eigenvalue weighted by Gasteiger charge is -2.06. The highest BCUT2D eigenvalue weighted by Gasteiger charge is 2.02. The minimum Gasteiger partial charge on any atom is -0.0847 e. The van der Waals surface area contributed by atoms with E-state index in [0.717, 1.165) is 0 Å². The molecule has 0 saturated heterocycles. The molecule has 0 heterocycles. The van der Waals surface area contributed by atoms with Crippen LogP contribution in [0.15, 0.2) is 59.8 Å². The first-order valence-corrected chi connectivity index (χ1v) is 6.07. The molecule has 0 aromatic rings. The molecule has 1 aliphatic carbocycles. The van der Waals surface area contributed by atoms with Crippen LogP contribution in [-0.4, -0.2) is 0 Å². The first-order valence-electron chi connectivity index (χ1n) is 6.07. The lowest BCUT2D eigenvalue weighted by Crippen LogP contribution is -1.92. The summed E-state index contributed by atoms with van der Waals surface area (Å²) >= 11 is 0. The van der Waals surface area contributed by atoms with Crippen molar-refractivity contribution in [1.29, 1.82) is 0 Å². The van der Waals surface area contributed by atoms with E-state index in [1.807, 2.05) is 13.8 Å². The fourth-order valence-corrected chi connectivity index (χ4v) is 1.29. The molecule has 0 aromatic heterocycles. The lowest BCUT2D eigenvalue weighted by molar-refractivity contribution is 0.968. The van der Waals surface area contributed by atoms with Crippen LogP contribution in [0.25, 0.3) is 0 Å². The third-order valence-corrected chi connectivity index (χ3v) is 2.45. The van der Waals surface area contributed by atoms with Crippen LogP contribution < -0.4 is 0 Å². The van der Waals surface area contributed by atoms with E-state index < -0.39 is 0 Å². The van der Waals surface area contributed by atoms with Gasteiger partial charge in [-0.25, -0.2) is 0 Å². The molecule has 0 heteroatoms. The zero-order valence-electron chi connectivity index (χ0n) is 11.2. The molecule has 0 radical (unpaired) electrons. The van der Waals surface area contributed by atoms with Gasteiger partial charge in [-0.1, -0.05) is 73.6 Å². The molecule has 1 aliphatic rings. The topological polar surface area (TPSA) is 0 Å². The molecule has 0 aromatic carbocycles. The predicted octanol–water partition coefficient (Wildman–Crippen LogP) is 5.22. The van der Waals surface area contributed by atoms with Crippen LogP contribution in [-0.2, 0) is 0 Å². The molecule has 0 aliphatic heterocycles. The second-order valence-corrected chi connectivity index (χ2v) is 3.60. The van der Waals surface area contributed by atoms with E-state index in [1.54, 1.807) is 0 Å². The second kappa shape index (κ2) is 8.96. The molecule has 0 bridgehead atoms. The lowest BCUT2D eigenvalue weighted by atomic mass is 9.99. The van der Waals surface area contributed by atoms with Gasteiger partial charge in [0.05, 0.1) is 0 Å². The van der Waals surface area contributed by atoms with Crippen molar-refractivity contribution in [3.05, 3.63) is 59.8 Å². The molecule has 16 heavy (non-hydrogen) atoms. The van der Waals surface area contributed by atoms with Gasteiger partial charge in [-0.05, 0) is 20.8 Å². The SMILES string of the molecule is C/C=C(C)\C=C/C1C=CC=CC=C1C.CC. The smallest absolute Gasteiger partial charge is 0.0163 e. The van der Waals surface area contributed by atoms with Crippen molar-refractivity contribution in [2.45, 2.75) is 34.6 Å². The van der Waals surface area contributed by atoms with Crippen molar-refractivity contribution in [3.8, 4) is 0 Å². The summed E-state index contributed by atoms with van der Waals surface area (Å²) in [6, 6.07) is 0. The van der Waals surface area contributed by atoms with Gasteiger partial charge in [-0.15, -0.1) is 0 Å². The predicted molar refractivity (Wildman–Crippen MR) is 75.4 cm³/mol. The van der Waals surface area contributed by atoms with Gasteiger partial charge in [-0.3, -0.25) is 0 Å². The monoisotopic (exact) mass is 216 g/mol. The minimum absolute atomic E-state index is 0.444. The molecular weight excluding hydrogens is 192 g/mol. The van der Waals surface area contributed by atoms with E-state index in [1.165, 1.54) is 11.1 Å². The average Bonchev–Trinajstić information content (AvgIpc) is 2.53. The van der Waals surface area contributed by atoms with E-state index in [9.17, 15) is 0 Å². The van der Waals surface area contributed by atoms with Gasteiger partial charge in [0, 0.05) is 5.92 Å². The van der Waals surface area contributed by atoms with Crippen LogP contribution in [0.1, 0.15) is 34.6 Å². The Morgan fingerprint density at radius 1 is 1.19 bits per heavy atom. The van der Waals surface area contributed by atoms with E-state index in [0.29, 0.717) is 5.92 Å². The number of hydrogen-bond acceptors (Lipinski definition) is 0. The molecule has 1 rings (SSSR count). The highest BCUT2D eigenvalue weighted by molar-refractivity contribution is 5.30. The fourth-order valence-electron chi connectivity index (χ4n) is 1.29. The van der Waals surface area contributed by atoms with Gasteiger partial charge in [0.2, 0.25) is 0 Å². The van der Waals surface area contributed by atoms with Gasteiger partial charge >= 0.3 is 0 Å². The normalized spacial score (nSPS) is 20.2. The number of rotatable bonds is 2. The first kappa shape index (κ1) is 14.7. The minimum atomic E-state index is 0.444. The molecular formula is C16H24. The molecule has 0 amide bonds. The Balaban J connectivity index is 0.00000106. The van der Waals surface area contributed by atoms with Gasteiger partial charge in [-0.2, -0.15) is 0 Å². The average molecular weight is 216 g/mol. The van der Waals surface area contributed by atoms with E-state index in [2.05, 4.69) is 69.4 Å². The van der Waals surface area contributed by atoms with Crippen LogP contribution in [0.4, 0.5) is 0 Å². The Bertz CT molecular complexity index is 322. The zero-order chi connectivity index (χ0) is 12.4. The van der Waals surface area contributed by atoms with Crippen LogP contribution in [0, 0.1) is 5.92 Å². The molecule has 1 atom stereocenters. The molecule has 1 unspecified atom stereocenters. The van der Waals surface area contributed by atoms with Gasteiger partial charge in [0.15, 0.2) is 0 Å². The fraction of sp³-hybridized carbons (Fsp3) is 0.375. The zero-order valence-corrected chi connectivity index (χ0v) is 11.2. The van der Waals surface area contributed by atoms with Gasteiger partial charge in [0.1, 0.15) is 0 Å². The van der Waals surface area contributed by atoms with Gasteiger partial charge < -0.3 is 0 Å². The third-order valence-electron chi connectivity index (χ3n) is 2.45. The van der Waals surface area contributed by atoms with Crippen molar-refractivity contribution in [1.82, 2.24) is 0 Å². The Kier molecular flexibility index (Phi) is 8.24. The van der Waals surface area contributed by atoms with Crippen molar-refractivity contribution >= 4 is 0 Å². The summed E-state index contributed by atoms with van der Waals surface area (Å²) < 4.78 is 0. The van der Waals surface area contributed by atoms with Crippen molar-refractivity contribution in [2.24, 2.45) is 5.92 Å². The quantitative estimate of drug-likeness (QED) is 0.555. The summed E-state index contributed by atoms with van der Waals surface area (Å²) in [4.78, 5) is 0. The molecule has 0 N–H and O–H groups in total. The van der Waals surface area contributed by atoms with E-state index in [4.69, 9.17) is 0 Å². The largest absolute Gasteiger partial charge is 0.0847 e. The Morgan fingerprint density at radius 2 is 1.88 bits per heavy atom. The van der Waals surface area contributed by atoms with Gasteiger partial charge in [0.25, 0.3) is 0 Å². The highest BCUT2D eigenvalue weighted by atomic mass is 14.1. The second-order valence-electron chi connectivity index (χ2n) is 3.60. The summed E-state index contributed by atoms with van der Waals surface area (Å²) in [5.74, 6) is 0.444. The Morgan fingerprint density at radius 3 is 2.50 bits per heavy atom. The van der Waals surface area contributed by atoms with Crippen LogP contribution in [0.3, 0.4) is 0 Å². The van der Waals surface area contributed by atoms with Crippen LogP contribution in [0.5, 0.6) is 0 Å². The Labute approximate surface area is 101 Å². The summed E-state index contributed by atoms with van der Waals surface area (Å²) in [6.07, 6.45) is 17.2. The molecule has 0 spiro atoms. The van der Waals surface area contributed by atoms with Crippen LogP contribution in [0.2, 0.25) is 0 Å². The van der Waals surface area contributed by atoms with Crippen molar-refractivity contribution in [3.63, 3.8) is 0 Å². The number of hydrogen-bond donors (Lipinski definition) is 0. The highest BCUT2D eigenvalue weighted by Crippen LogP contribution is 2.17. The maximum atomic E-state index is 2.24. The summed E-state index contributed by atoms with van der Waals surface area (Å²) in [6.45, 7) is 10.3. The number of allylic oxidation sites excluding steroid dienone is 10. The van der Waals surface area contributed by atoms with Crippen LogP contribution >= 0.6 is 0 Å². The van der Waals surface area contributed by atoms with Crippen molar-refractivity contribution in [2.75, 3.05) is 0 Å². The first-order chi connectivity index (χ1) is 7.74. The summed E-state index contributed by atoms with van der Waals surface area (Å²) in [5, 5.41) is 0.